The third-order valence-electron chi connectivity index (χ3n) is 3.08. The van der Waals surface area contributed by atoms with Gasteiger partial charge in [0.2, 0.25) is 5.91 Å². The number of sulfonamides is 1. The number of nitrogens with zero attached hydrogens (tertiary/aromatic N) is 1. The first kappa shape index (κ1) is 16.4. The van der Waals surface area contributed by atoms with Crippen LogP contribution in [0.5, 0.6) is 0 Å². The largest absolute Gasteiger partial charge is 0.352 e. The first-order valence-electron chi connectivity index (χ1n) is 6.87. The lowest BCUT2D eigenvalue weighted by molar-refractivity contribution is -0.122. The molecule has 0 spiro atoms. The lowest BCUT2D eigenvalue weighted by Gasteiger charge is -2.19. The van der Waals surface area contributed by atoms with Crippen LogP contribution >= 0.6 is 0 Å². The number of nitrogens with one attached hydrogen (secondary N) is 2. The van der Waals surface area contributed by atoms with Crippen LogP contribution in [0, 0.1) is 0 Å². The predicted octanol–water partition coefficient (Wildman–Crippen LogP) is -0.0329. The smallest absolute Gasteiger partial charge is 0.263 e. The van der Waals surface area contributed by atoms with Crippen molar-refractivity contribution in [1.29, 1.82) is 0 Å². The summed E-state index contributed by atoms with van der Waals surface area (Å²) in [6.45, 7) is 5.50. The van der Waals surface area contributed by atoms with Crippen molar-refractivity contribution < 1.29 is 13.2 Å². The van der Waals surface area contributed by atoms with Gasteiger partial charge in [-0.25, -0.2) is 8.42 Å². The number of amides is 1. The summed E-state index contributed by atoms with van der Waals surface area (Å²) in [5.74, 6) is -0.125. The monoisotopic (exact) mass is 324 g/mol. The standard InChI is InChI=1S/C14H20N4O3S/c1-9(13(19)16-8-14(2,3)15)17-12-10-6-4-5-7-11(10)22(20,21)18-12/h4-7,9H,8,15H2,1-3H3,(H,16,19)(H,17,18). The van der Waals surface area contributed by atoms with Crippen LogP contribution in [0.1, 0.15) is 26.3 Å². The summed E-state index contributed by atoms with van der Waals surface area (Å²) in [5.41, 5.74) is 5.75. The Morgan fingerprint density at radius 3 is 2.68 bits per heavy atom. The van der Waals surface area contributed by atoms with Gasteiger partial charge in [-0.05, 0) is 32.9 Å². The zero-order chi connectivity index (χ0) is 16.5. The van der Waals surface area contributed by atoms with Crippen LogP contribution in [0.15, 0.2) is 34.2 Å². The second-order valence-corrected chi connectivity index (χ2v) is 7.61. The van der Waals surface area contributed by atoms with Crippen molar-refractivity contribution >= 4 is 21.8 Å². The molecule has 0 bridgehead atoms. The maximum atomic E-state index is 12.0. The van der Waals surface area contributed by atoms with E-state index in [1.807, 2.05) is 0 Å². The van der Waals surface area contributed by atoms with Crippen molar-refractivity contribution in [1.82, 2.24) is 10.0 Å². The van der Waals surface area contributed by atoms with Gasteiger partial charge >= 0.3 is 0 Å². The number of carbonyl (C=O) groups excluding carboxylic acids is 1. The molecule has 2 rings (SSSR count). The SMILES string of the molecule is CC(N=C1NS(=O)(=O)c2ccccc21)C(=O)NCC(C)(C)N. The maximum absolute atomic E-state index is 12.0. The lowest BCUT2D eigenvalue weighted by Crippen LogP contribution is -2.47. The number of aliphatic imine (C=N–C) groups is 1. The van der Waals surface area contributed by atoms with Gasteiger partial charge in [0.1, 0.15) is 11.9 Å². The van der Waals surface area contributed by atoms with Crippen molar-refractivity contribution in [3.8, 4) is 0 Å². The molecule has 1 aliphatic rings. The van der Waals surface area contributed by atoms with Crippen molar-refractivity contribution in [2.45, 2.75) is 37.2 Å². The fourth-order valence-electron chi connectivity index (χ4n) is 1.94. The van der Waals surface area contributed by atoms with Crippen LogP contribution < -0.4 is 15.8 Å². The van der Waals surface area contributed by atoms with E-state index in [2.05, 4.69) is 15.0 Å². The second-order valence-electron chi connectivity index (χ2n) is 5.96. The fraction of sp³-hybridized carbons (Fsp3) is 0.429. The molecule has 1 aromatic carbocycles. The van der Waals surface area contributed by atoms with Crippen molar-refractivity contribution in [2.75, 3.05) is 6.54 Å². The minimum Gasteiger partial charge on any atom is -0.352 e. The number of nitrogens with two attached hydrogens (primary N) is 1. The molecule has 1 heterocycles. The Balaban J connectivity index is 2.19. The Morgan fingerprint density at radius 2 is 2.05 bits per heavy atom. The molecular weight excluding hydrogens is 304 g/mol. The second kappa shape index (κ2) is 5.69. The van der Waals surface area contributed by atoms with E-state index in [0.29, 0.717) is 12.1 Å². The van der Waals surface area contributed by atoms with Crippen LogP contribution in [0.3, 0.4) is 0 Å². The van der Waals surface area contributed by atoms with E-state index in [1.54, 1.807) is 39.0 Å². The average molecular weight is 324 g/mol. The van der Waals surface area contributed by atoms with Gasteiger partial charge in [-0.2, -0.15) is 0 Å². The molecule has 22 heavy (non-hydrogen) atoms. The number of amidine groups is 1. The van der Waals surface area contributed by atoms with Crippen molar-refractivity contribution in [2.24, 2.45) is 10.7 Å². The van der Waals surface area contributed by atoms with Crippen LogP contribution in [0.4, 0.5) is 0 Å². The van der Waals surface area contributed by atoms with Crippen LogP contribution in [0.2, 0.25) is 0 Å². The number of hydrogen-bond acceptors (Lipinski definition) is 5. The van der Waals surface area contributed by atoms with E-state index in [4.69, 9.17) is 5.73 Å². The normalized spacial score (nSPS) is 19.4. The summed E-state index contributed by atoms with van der Waals surface area (Å²) in [7, 11) is -3.59. The average Bonchev–Trinajstić information content (AvgIpc) is 2.67. The van der Waals surface area contributed by atoms with Gasteiger partial charge in [-0.1, -0.05) is 12.1 Å². The molecule has 1 amide bonds. The minimum atomic E-state index is -3.59. The van der Waals surface area contributed by atoms with Crippen LogP contribution in [0.25, 0.3) is 0 Å². The maximum Gasteiger partial charge on any atom is 0.263 e. The highest BCUT2D eigenvalue weighted by Crippen LogP contribution is 2.22. The number of carbonyl (C=O) groups is 1. The third-order valence-corrected chi connectivity index (χ3v) is 4.48. The first-order valence-corrected chi connectivity index (χ1v) is 8.35. The summed E-state index contributed by atoms with van der Waals surface area (Å²) >= 11 is 0. The molecule has 0 fully saturated rings. The van der Waals surface area contributed by atoms with E-state index >= 15 is 0 Å². The molecule has 1 aliphatic heterocycles. The highest BCUT2D eigenvalue weighted by molar-refractivity contribution is 7.90. The van der Waals surface area contributed by atoms with Gasteiger partial charge in [-0.15, -0.1) is 0 Å². The topological polar surface area (TPSA) is 114 Å². The number of hydrogen-bond donors (Lipinski definition) is 3. The number of rotatable bonds is 4. The Hall–Kier alpha value is -1.93. The summed E-state index contributed by atoms with van der Waals surface area (Å²) in [4.78, 5) is 16.4. The molecule has 4 N–H and O–H groups in total. The summed E-state index contributed by atoms with van der Waals surface area (Å²) < 4.78 is 26.3. The molecule has 0 radical (unpaired) electrons. The van der Waals surface area contributed by atoms with E-state index in [1.165, 1.54) is 6.07 Å². The Labute approximate surface area is 130 Å². The van der Waals surface area contributed by atoms with E-state index in [-0.39, 0.29) is 16.6 Å². The molecule has 0 aliphatic carbocycles. The van der Waals surface area contributed by atoms with Gasteiger partial charge in [0, 0.05) is 17.6 Å². The van der Waals surface area contributed by atoms with Gasteiger partial charge < -0.3 is 11.1 Å². The summed E-state index contributed by atoms with van der Waals surface area (Å²) in [5, 5.41) is 2.69. The minimum absolute atomic E-state index is 0.171. The van der Waals surface area contributed by atoms with Crippen LogP contribution in [-0.2, 0) is 14.8 Å². The molecule has 1 aromatic rings. The third kappa shape index (κ3) is 3.63. The Bertz CT molecular complexity index is 720. The number of fused-ring (bicyclic) bond motifs is 1. The summed E-state index contributed by atoms with van der Waals surface area (Å²) in [6, 6.07) is 5.78. The quantitative estimate of drug-likeness (QED) is 0.721. The van der Waals surface area contributed by atoms with Crippen LogP contribution in [-0.4, -0.2) is 38.3 Å². The molecule has 0 saturated heterocycles. The molecule has 0 saturated carbocycles. The Kier molecular flexibility index (Phi) is 4.25. The fourth-order valence-corrected chi connectivity index (χ4v) is 3.18. The van der Waals surface area contributed by atoms with E-state index in [9.17, 15) is 13.2 Å². The molecule has 1 unspecified atom stereocenters. The van der Waals surface area contributed by atoms with Gasteiger partial charge in [-0.3, -0.25) is 14.5 Å². The predicted molar refractivity (Wildman–Crippen MR) is 84.0 cm³/mol. The zero-order valence-electron chi connectivity index (χ0n) is 12.8. The first-order chi connectivity index (χ1) is 10.1. The van der Waals surface area contributed by atoms with Gasteiger partial charge in [0.05, 0.1) is 4.90 Å². The van der Waals surface area contributed by atoms with Gasteiger partial charge in [0.15, 0.2) is 0 Å². The van der Waals surface area contributed by atoms with Crippen molar-refractivity contribution in [3.63, 3.8) is 0 Å². The molecular formula is C14H20N4O3S. The molecule has 120 valence electrons. The van der Waals surface area contributed by atoms with E-state index < -0.39 is 21.6 Å². The van der Waals surface area contributed by atoms with Gasteiger partial charge in [0.25, 0.3) is 10.0 Å². The highest BCUT2D eigenvalue weighted by atomic mass is 32.2. The molecule has 1 atom stereocenters. The molecule has 7 nitrogen and oxygen atoms in total. The van der Waals surface area contributed by atoms with Crippen molar-refractivity contribution in [3.05, 3.63) is 29.8 Å². The number of benzene rings is 1. The zero-order valence-corrected chi connectivity index (χ0v) is 13.6. The molecule has 0 aromatic heterocycles. The van der Waals surface area contributed by atoms with E-state index in [0.717, 1.165) is 0 Å². The molecule has 8 heteroatoms. The lowest BCUT2D eigenvalue weighted by atomic mass is 10.1. The Morgan fingerprint density at radius 1 is 1.41 bits per heavy atom. The highest BCUT2D eigenvalue weighted by Gasteiger charge is 2.31. The summed E-state index contributed by atoms with van der Waals surface area (Å²) in [6.07, 6.45) is 0.